The van der Waals surface area contributed by atoms with Crippen molar-refractivity contribution in [2.45, 2.75) is 38.0 Å². The molecule has 1 fully saturated rings. The molecule has 0 bridgehead atoms. The van der Waals surface area contributed by atoms with Gasteiger partial charge >= 0.3 is 0 Å². The molecule has 1 saturated heterocycles. The van der Waals surface area contributed by atoms with Crippen LogP contribution in [0.15, 0.2) is 91.0 Å². The first kappa shape index (κ1) is 22.7. The first-order valence-electron chi connectivity index (χ1n) is 11.9. The Morgan fingerprint density at radius 1 is 0.844 bits per heavy atom. The minimum Gasteiger partial charge on any atom is -0.360 e. The fourth-order valence-corrected chi connectivity index (χ4v) is 4.79. The Labute approximate surface area is 192 Å². The van der Waals surface area contributed by atoms with Gasteiger partial charge in [0.2, 0.25) is 0 Å². The van der Waals surface area contributed by atoms with Crippen LogP contribution in [-0.4, -0.2) is 37.3 Å². The number of hydrogen-bond acceptors (Lipinski definition) is 2. The molecular formula is C29H34FNO. The van der Waals surface area contributed by atoms with Crippen LogP contribution in [0, 0.1) is 5.92 Å². The first-order chi connectivity index (χ1) is 15.7. The van der Waals surface area contributed by atoms with Crippen LogP contribution in [0.25, 0.3) is 0 Å². The number of alkyl halides is 1. The summed E-state index contributed by atoms with van der Waals surface area (Å²) in [4.78, 5) is 2.27. The van der Waals surface area contributed by atoms with Crippen molar-refractivity contribution < 1.29 is 9.13 Å². The Kier molecular flexibility index (Phi) is 7.72. The van der Waals surface area contributed by atoms with Gasteiger partial charge in [-0.25, -0.2) is 4.39 Å². The normalized spacial score (nSPS) is 19.7. The molecule has 32 heavy (non-hydrogen) atoms. The summed E-state index contributed by atoms with van der Waals surface area (Å²) >= 11 is 0. The summed E-state index contributed by atoms with van der Waals surface area (Å²) in [5.41, 5.74) is 2.41. The van der Waals surface area contributed by atoms with Crippen molar-refractivity contribution >= 4 is 0 Å². The number of benzene rings is 3. The lowest BCUT2D eigenvalue weighted by atomic mass is 9.80. The second kappa shape index (κ2) is 10.9. The van der Waals surface area contributed by atoms with Crippen molar-refractivity contribution in [1.29, 1.82) is 0 Å². The van der Waals surface area contributed by atoms with Gasteiger partial charge in [-0.05, 0) is 42.6 Å². The van der Waals surface area contributed by atoms with Crippen LogP contribution in [0.5, 0.6) is 0 Å². The Bertz CT molecular complexity index is 834. The molecule has 1 heterocycles. The molecule has 1 aliphatic heterocycles. The molecule has 3 aromatic carbocycles. The number of likely N-dealkylation sites (tertiary alicyclic amines) is 1. The average Bonchev–Trinajstić information content (AvgIpc) is 2.86. The summed E-state index contributed by atoms with van der Waals surface area (Å²) < 4.78 is 22.0. The van der Waals surface area contributed by atoms with E-state index in [0.717, 1.165) is 49.0 Å². The van der Waals surface area contributed by atoms with Gasteiger partial charge in [0, 0.05) is 12.5 Å². The number of hydrogen-bond donors (Lipinski definition) is 0. The van der Waals surface area contributed by atoms with E-state index in [2.05, 4.69) is 48.2 Å². The molecule has 168 valence electrons. The molecule has 4 rings (SSSR count). The quantitative estimate of drug-likeness (QED) is 0.361. The predicted octanol–water partition coefficient (Wildman–Crippen LogP) is 6.46. The maximum atomic E-state index is 15.2. The highest BCUT2D eigenvalue weighted by molar-refractivity contribution is 5.47. The van der Waals surface area contributed by atoms with Crippen molar-refractivity contribution in [3.8, 4) is 0 Å². The zero-order chi connectivity index (χ0) is 22.2. The van der Waals surface area contributed by atoms with E-state index in [1.54, 1.807) is 0 Å². The van der Waals surface area contributed by atoms with Gasteiger partial charge < -0.3 is 9.64 Å². The third-order valence-electron chi connectivity index (χ3n) is 6.64. The lowest BCUT2D eigenvalue weighted by Crippen LogP contribution is -2.45. The van der Waals surface area contributed by atoms with Crippen LogP contribution in [0.3, 0.4) is 0 Å². The summed E-state index contributed by atoms with van der Waals surface area (Å²) in [6.07, 6.45) is 2.25. The van der Waals surface area contributed by atoms with E-state index in [4.69, 9.17) is 4.74 Å². The summed E-state index contributed by atoms with van der Waals surface area (Å²) in [5, 5.41) is 0. The van der Waals surface area contributed by atoms with Crippen molar-refractivity contribution in [2.24, 2.45) is 5.92 Å². The van der Waals surface area contributed by atoms with Crippen LogP contribution < -0.4 is 0 Å². The highest BCUT2D eigenvalue weighted by Gasteiger charge is 2.39. The van der Waals surface area contributed by atoms with E-state index in [9.17, 15) is 0 Å². The fourth-order valence-electron chi connectivity index (χ4n) is 4.79. The number of ether oxygens (including phenoxy) is 1. The molecule has 0 aromatic heterocycles. The molecule has 2 atom stereocenters. The van der Waals surface area contributed by atoms with Crippen LogP contribution >= 0.6 is 0 Å². The standard InChI is InChI=1S/C29H34FNO/c1-2-3-20-31-21-19-24(28(30)22-31)23-32-29(25-13-7-4-8-14-25,26-15-9-5-10-16-26)27-17-11-6-12-18-27/h4-18,24,28H,2-3,19-23H2,1H3/t24-,28-/m1/s1. The minimum atomic E-state index is -0.861. The topological polar surface area (TPSA) is 12.5 Å². The molecule has 0 saturated carbocycles. The van der Waals surface area contributed by atoms with E-state index < -0.39 is 11.8 Å². The van der Waals surface area contributed by atoms with E-state index in [1.165, 1.54) is 0 Å². The highest BCUT2D eigenvalue weighted by Crippen LogP contribution is 2.41. The van der Waals surface area contributed by atoms with Gasteiger partial charge in [0.15, 0.2) is 0 Å². The van der Waals surface area contributed by atoms with Crippen LogP contribution in [0.1, 0.15) is 42.9 Å². The number of unbranched alkanes of at least 4 members (excludes halogenated alkanes) is 1. The maximum absolute atomic E-state index is 15.2. The third kappa shape index (κ3) is 4.95. The molecule has 0 radical (unpaired) electrons. The van der Waals surface area contributed by atoms with E-state index in [-0.39, 0.29) is 5.92 Å². The maximum Gasteiger partial charge on any atom is 0.143 e. The third-order valence-corrected chi connectivity index (χ3v) is 6.64. The van der Waals surface area contributed by atoms with E-state index in [0.29, 0.717) is 13.2 Å². The van der Waals surface area contributed by atoms with Gasteiger partial charge in [0.25, 0.3) is 0 Å². The van der Waals surface area contributed by atoms with Crippen LogP contribution in [0.4, 0.5) is 4.39 Å². The summed E-state index contributed by atoms with van der Waals surface area (Å²) in [6.45, 7) is 5.03. The van der Waals surface area contributed by atoms with Crippen LogP contribution in [-0.2, 0) is 10.3 Å². The lowest BCUT2D eigenvalue weighted by Gasteiger charge is -2.39. The number of halogens is 1. The highest BCUT2D eigenvalue weighted by atomic mass is 19.1. The van der Waals surface area contributed by atoms with Gasteiger partial charge in [-0.15, -0.1) is 0 Å². The monoisotopic (exact) mass is 431 g/mol. The molecule has 3 aromatic rings. The Morgan fingerprint density at radius 2 is 1.34 bits per heavy atom. The van der Waals surface area contributed by atoms with Crippen molar-refractivity contribution in [3.63, 3.8) is 0 Å². The average molecular weight is 432 g/mol. The first-order valence-corrected chi connectivity index (χ1v) is 11.9. The molecule has 0 amide bonds. The lowest BCUT2D eigenvalue weighted by molar-refractivity contribution is -0.0425. The molecule has 1 aliphatic rings. The van der Waals surface area contributed by atoms with Gasteiger partial charge in [-0.1, -0.05) is 104 Å². The Morgan fingerprint density at radius 3 is 1.78 bits per heavy atom. The minimum absolute atomic E-state index is 0.0941. The molecular weight excluding hydrogens is 397 g/mol. The Balaban J connectivity index is 1.65. The number of nitrogens with zero attached hydrogens (tertiary/aromatic N) is 1. The molecule has 0 spiro atoms. The predicted molar refractivity (Wildman–Crippen MR) is 130 cm³/mol. The SMILES string of the molecule is CCCCN1CC[C@H](COC(c2ccccc2)(c2ccccc2)c2ccccc2)[C@H](F)C1. The summed E-state index contributed by atoms with van der Waals surface area (Å²) in [7, 11) is 0. The zero-order valence-electron chi connectivity index (χ0n) is 19.0. The number of rotatable bonds is 9. The molecule has 2 nitrogen and oxygen atoms in total. The van der Waals surface area contributed by atoms with Crippen molar-refractivity contribution in [2.75, 3.05) is 26.2 Å². The smallest absolute Gasteiger partial charge is 0.143 e. The second-order valence-corrected chi connectivity index (χ2v) is 8.81. The molecule has 0 unspecified atom stereocenters. The van der Waals surface area contributed by atoms with E-state index in [1.807, 2.05) is 54.6 Å². The van der Waals surface area contributed by atoms with Gasteiger partial charge in [-0.2, -0.15) is 0 Å². The molecule has 3 heteroatoms. The summed E-state index contributed by atoms with van der Waals surface area (Å²) in [6, 6.07) is 31.0. The molecule has 0 N–H and O–H groups in total. The van der Waals surface area contributed by atoms with Gasteiger partial charge in [0.1, 0.15) is 11.8 Å². The molecule has 0 aliphatic carbocycles. The fraction of sp³-hybridized carbons (Fsp3) is 0.379. The van der Waals surface area contributed by atoms with Gasteiger partial charge in [-0.3, -0.25) is 0 Å². The van der Waals surface area contributed by atoms with E-state index >= 15 is 4.39 Å². The zero-order valence-corrected chi connectivity index (χ0v) is 19.0. The largest absolute Gasteiger partial charge is 0.360 e. The van der Waals surface area contributed by atoms with Crippen LogP contribution in [0.2, 0.25) is 0 Å². The summed E-state index contributed by atoms with van der Waals surface area (Å²) in [5.74, 6) is -0.0941. The Hall–Kier alpha value is -2.49. The number of piperidine rings is 1. The van der Waals surface area contributed by atoms with Gasteiger partial charge in [0.05, 0.1) is 6.61 Å². The van der Waals surface area contributed by atoms with Crippen molar-refractivity contribution in [3.05, 3.63) is 108 Å². The van der Waals surface area contributed by atoms with Crippen molar-refractivity contribution in [1.82, 2.24) is 4.90 Å². The second-order valence-electron chi connectivity index (χ2n) is 8.81.